The van der Waals surface area contributed by atoms with Crippen LogP contribution in [0.5, 0.6) is 0 Å². The maximum absolute atomic E-state index is 11.4. The molecule has 0 bridgehead atoms. The minimum absolute atomic E-state index is 0.0892. The Hall–Kier alpha value is -2.04. The van der Waals surface area contributed by atoms with E-state index in [4.69, 9.17) is 10.8 Å². The van der Waals surface area contributed by atoms with Gasteiger partial charge < -0.3 is 16.2 Å². The van der Waals surface area contributed by atoms with Crippen LogP contribution >= 0.6 is 0 Å². The second-order valence-electron chi connectivity index (χ2n) is 3.03. The molecule has 0 aliphatic carbocycles. The zero-order chi connectivity index (χ0) is 11.3. The van der Waals surface area contributed by atoms with E-state index in [2.05, 4.69) is 5.32 Å². The lowest BCUT2D eigenvalue weighted by Gasteiger charge is -2.03. The summed E-state index contributed by atoms with van der Waals surface area (Å²) in [5.74, 6) is -1.26. The molecule has 0 atom stereocenters. The molecule has 1 rings (SSSR count). The van der Waals surface area contributed by atoms with Crippen molar-refractivity contribution in [1.82, 2.24) is 5.32 Å². The number of rotatable bonds is 4. The Kier molecular flexibility index (Phi) is 3.68. The first-order valence-corrected chi connectivity index (χ1v) is 4.45. The van der Waals surface area contributed by atoms with E-state index in [1.807, 2.05) is 0 Å². The van der Waals surface area contributed by atoms with E-state index in [1.165, 1.54) is 6.07 Å². The Morgan fingerprint density at radius 3 is 2.73 bits per heavy atom. The van der Waals surface area contributed by atoms with Crippen LogP contribution in [0.4, 0.5) is 5.69 Å². The summed E-state index contributed by atoms with van der Waals surface area (Å²) in [6.07, 6.45) is -0.0892. The second-order valence-corrected chi connectivity index (χ2v) is 3.03. The molecule has 5 heteroatoms. The maximum Gasteiger partial charge on any atom is 0.305 e. The quantitative estimate of drug-likeness (QED) is 0.627. The Morgan fingerprint density at radius 1 is 1.40 bits per heavy atom. The summed E-state index contributed by atoms with van der Waals surface area (Å²) in [5.41, 5.74) is 6.43. The Labute approximate surface area is 86.9 Å². The normalized spacial score (nSPS) is 9.60. The van der Waals surface area contributed by atoms with Gasteiger partial charge in [0.25, 0.3) is 5.91 Å². The topological polar surface area (TPSA) is 92.4 Å². The molecule has 5 nitrogen and oxygen atoms in total. The van der Waals surface area contributed by atoms with Crippen molar-refractivity contribution in [2.45, 2.75) is 6.42 Å². The molecule has 0 spiro atoms. The lowest BCUT2D eigenvalue weighted by molar-refractivity contribution is -0.136. The first-order valence-electron chi connectivity index (χ1n) is 4.45. The van der Waals surface area contributed by atoms with Gasteiger partial charge in [-0.1, -0.05) is 6.07 Å². The number of carbonyl (C=O) groups excluding carboxylic acids is 1. The van der Waals surface area contributed by atoms with E-state index in [-0.39, 0.29) is 18.9 Å². The third kappa shape index (κ3) is 3.68. The number of aliphatic carboxylic acids is 1. The van der Waals surface area contributed by atoms with E-state index >= 15 is 0 Å². The summed E-state index contributed by atoms with van der Waals surface area (Å²) in [7, 11) is 0. The number of anilines is 1. The number of nitrogens with two attached hydrogens (primary N) is 1. The van der Waals surface area contributed by atoms with Gasteiger partial charge in [-0.05, 0) is 18.2 Å². The van der Waals surface area contributed by atoms with Gasteiger partial charge >= 0.3 is 5.97 Å². The van der Waals surface area contributed by atoms with Crippen LogP contribution in [-0.4, -0.2) is 23.5 Å². The number of carbonyl (C=O) groups is 2. The zero-order valence-corrected chi connectivity index (χ0v) is 8.06. The molecule has 1 aromatic carbocycles. The van der Waals surface area contributed by atoms with Crippen molar-refractivity contribution in [2.75, 3.05) is 12.3 Å². The Balaban J connectivity index is 2.50. The number of hydrogen-bond acceptors (Lipinski definition) is 3. The zero-order valence-electron chi connectivity index (χ0n) is 8.06. The molecular weight excluding hydrogens is 196 g/mol. The van der Waals surface area contributed by atoms with Crippen molar-refractivity contribution in [3.8, 4) is 0 Å². The third-order valence-corrected chi connectivity index (χ3v) is 1.77. The molecule has 0 unspecified atom stereocenters. The van der Waals surface area contributed by atoms with Crippen molar-refractivity contribution < 1.29 is 14.7 Å². The summed E-state index contributed by atoms with van der Waals surface area (Å²) >= 11 is 0. The van der Waals surface area contributed by atoms with E-state index in [9.17, 15) is 9.59 Å². The van der Waals surface area contributed by atoms with Gasteiger partial charge in [0.15, 0.2) is 0 Å². The molecular formula is C10H12N2O3. The van der Waals surface area contributed by atoms with Crippen LogP contribution in [0.2, 0.25) is 0 Å². The molecule has 80 valence electrons. The molecule has 1 amide bonds. The van der Waals surface area contributed by atoms with Crippen molar-refractivity contribution in [3.05, 3.63) is 29.8 Å². The standard InChI is InChI=1S/C10H12N2O3/c11-8-3-1-2-7(6-8)10(15)12-5-4-9(13)14/h1-3,6H,4-5,11H2,(H,12,15)(H,13,14). The molecule has 0 aromatic heterocycles. The third-order valence-electron chi connectivity index (χ3n) is 1.77. The van der Waals surface area contributed by atoms with Gasteiger partial charge in [0, 0.05) is 17.8 Å². The second kappa shape index (κ2) is 4.99. The van der Waals surface area contributed by atoms with E-state index in [0.717, 1.165) is 0 Å². The van der Waals surface area contributed by atoms with Crippen molar-refractivity contribution in [3.63, 3.8) is 0 Å². The van der Waals surface area contributed by atoms with E-state index in [1.54, 1.807) is 18.2 Å². The summed E-state index contributed by atoms with van der Waals surface area (Å²) in [5, 5.41) is 10.9. The van der Waals surface area contributed by atoms with Gasteiger partial charge in [-0.2, -0.15) is 0 Å². The number of carboxylic acids is 1. The van der Waals surface area contributed by atoms with Gasteiger partial charge in [0.1, 0.15) is 0 Å². The van der Waals surface area contributed by atoms with Gasteiger partial charge in [0.05, 0.1) is 6.42 Å². The van der Waals surface area contributed by atoms with Gasteiger partial charge in [-0.15, -0.1) is 0 Å². The lowest BCUT2D eigenvalue weighted by atomic mass is 10.2. The molecule has 0 saturated heterocycles. The Bertz CT molecular complexity index is 377. The molecule has 0 radical (unpaired) electrons. The van der Waals surface area contributed by atoms with Crippen LogP contribution in [0.25, 0.3) is 0 Å². The number of hydrogen-bond donors (Lipinski definition) is 3. The highest BCUT2D eigenvalue weighted by Crippen LogP contribution is 2.05. The number of amides is 1. The van der Waals surface area contributed by atoms with Gasteiger partial charge in [-0.3, -0.25) is 9.59 Å². The number of carboxylic acid groups (broad SMARTS) is 1. The molecule has 4 N–H and O–H groups in total. The van der Waals surface area contributed by atoms with Crippen molar-refractivity contribution in [1.29, 1.82) is 0 Å². The van der Waals surface area contributed by atoms with Crippen LogP contribution in [0, 0.1) is 0 Å². The lowest BCUT2D eigenvalue weighted by Crippen LogP contribution is -2.25. The van der Waals surface area contributed by atoms with Gasteiger partial charge in [0.2, 0.25) is 0 Å². The predicted molar refractivity (Wildman–Crippen MR) is 55.4 cm³/mol. The van der Waals surface area contributed by atoms with Crippen LogP contribution < -0.4 is 11.1 Å². The molecule has 0 aliphatic rings. The highest BCUT2D eigenvalue weighted by molar-refractivity contribution is 5.95. The fourth-order valence-electron chi connectivity index (χ4n) is 1.06. The number of nitrogens with one attached hydrogen (secondary N) is 1. The molecule has 0 heterocycles. The molecule has 0 fully saturated rings. The summed E-state index contributed by atoms with van der Waals surface area (Å²) < 4.78 is 0. The number of benzene rings is 1. The predicted octanol–water partition coefficient (Wildman–Crippen LogP) is 0.473. The average molecular weight is 208 g/mol. The largest absolute Gasteiger partial charge is 0.481 e. The summed E-state index contributed by atoms with van der Waals surface area (Å²) in [6, 6.07) is 6.50. The van der Waals surface area contributed by atoms with Gasteiger partial charge in [-0.25, -0.2) is 0 Å². The first kappa shape index (κ1) is 11.0. The Morgan fingerprint density at radius 2 is 2.13 bits per heavy atom. The molecule has 0 aliphatic heterocycles. The van der Waals surface area contributed by atoms with Crippen molar-refractivity contribution >= 4 is 17.6 Å². The fourth-order valence-corrected chi connectivity index (χ4v) is 1.06. The van der Waals surface area contributed by atoms with Crippen LogP contribution in [0.3, 0.4) is 0 Å². The highest BCUT2D eigenvalue weighted by Gasteiger charge is 2.05. The molecule has 0 saturated carbocycles. The SMILES string of the molecule is Nc1cccc(C(=O)NCCC(=O)O)c1. The smallest absolute Gasteiger partial charge is 0.305 e. The van der Waals surface area contributed by atoms with Crippen LogP contribution in [0.15, 0.2) is 24.3 Å². The minimum atomic E-state index is -0.942. The van der Waals surface area contributed by atoms with E-state index < -0.39 is 5.97 Å². The summed E-state index contributed by atoms with van der Waals surface area (Å²) in [4.78, 5) is 21.6. The number of nitrogen functional groups attached to an aromatic ring is 1. The van der Waals surface area contributed by atoms with Crippen molar-refractivity contribution in [2.24, 2.45) is 0 Å². The molecule has 15 heavy (non-hydrogen) atoms. The maximum atomic E-state index is 11.4. The molecule has 1 aromatic rings. The average Bonchev–Trinajstić information content (AvgIpc) is 2.17. The summed E-state index contributed by atoms with van der Waals surface area (Å²) in [6.45, 7) is 0.114. The van der Waals surface area contributed by atoms with Crippen LogP contribution in [-0.2, 0) is 4.79 Å². The van der Waals surface area contributed by atoms with Crippen LogP contribution in [0.1, 0.15) is 16.8 Å². The first-order chi connectivity index (χ1) is 7.09. The minimum Gasteiger partial charge on any atom is -0.481 e. The fraction of sp³-hybridized carbons (Fsp3) is 0.200. The highest BCUT2D eigenvalue weighted by atomic mass is 16.4. The van der Waals surface area contributed by atoms with E-state index in [0.29, 0.717) is 11.3 Å². The monoisotopic (exact) mass is 208 g/mol.